The molecule has 6 nitrogen and oxygen atoms in total. The summed E-state index contributed by atoms with van der Waals surface area (Å²) < 4.78 is 2.22. The van der Waals surface area contributed by atoms with Gasteiger partial charge < -0.3 is 9.88 Å². The van der Waals surface area contributed by atoms with Crippen LogP contribution in [0.3, 0.4) is 0 Å². The maximum atomic E-state index is 12.0. The molecule has 2 heterocycles. The maximum absolute atomic E-state index is 12.0. The molecule has 3 rings (SSSR count). The minimum Gasteiger partial charge on any atom is -0.346 e. The number of carbonyl (C=O) groups is 1. The van der Waals surface area contributed by atoms with Gasteiger partial charge in [0, 0.05) is 43.9 Å². The van der Waals surface area contributed by atoms with Gasteiger partial charge in [-0.05, 0) is 29.9 Å². The molecule has 1 aliphatic heterocycles. The number of rotatable bonds is 7. The van der Waals surface area contributed by atoms with Gasteiger partial charge in [-0.15, -0.1) is 22.0 Å². The van der Waals surface area contributed by atoms with Gasteiger partial charge in [-0.25, -0.2) is 0 Å². The van der Waals surface area contributed by atoms with E-state index in [-0.39, 0.29) is 17.9 Å². The number of thioether (sulfide) groups is 1. The molecule has 2 aromatic rings. The van der Waals surface area contributed by atoms with Gasteiger partial charge in [0.25, 0.3) is 0 Å². The molecular weight excluding hydrogens is 370 g/mol. The van der Waals surface area contributed by atoms with Crippen LogP contribution in [0.25, 0.3) is 0 Å². The fraction of sp³-hybridized carbons (Fsp3) is 0.571. The summed E-state index contributed by atoms with van der Waals surface area (Å²) in [5.41, 5.74) is 1.34. The number of benzene rings is 1. The highest BCUT2D eigenvalue weighted by molar-refractivity contribution is 7.98. The highest BCUT2D eigenvalue weighted by Crippen LogP contribution is 2.23. The highest BCUT2D eigenvalue weighted by atomic mass is 32.2. The summed E-state index contributed by atoms with van der Waals surface area (Å²) in [6, 6.07) is 8.72. The zero-order chi connectivity index (χ0) is 20.1. The third kappa shape index (κ3) is 4.94. The molecule has 0 fully saturated rings. The first kappa shape index (κ1) is 20.9. The fourth-order valence-corrected chi connectivity index (χ4v) is 3.98. The number of nitrogens with one attached hydrogen (secondary N) is 1. The molecular formula is C21H31N5OS. The van der Waals surface area contributed by atoms with Gasteiger partial charge in [-0.3, -0.25) is 9.69 Å². The third-order valence-electron chi connectivity index (χ3n) is 5.30. The predicted octanol–water partition coefficient (Wildman–Crippen LogP) is 3.28. The maximum Gasteiger partial charge on any atom is 0.220 e. The molecule has 1 aromatic heterocycles. The van der Waals surface area contributed by atoms with E-state index in [9.17, 15) is 4.79 Å². The molecule has 0 spiro atoms. The number of aromatic nitrogens is 3. The van der Waals surface area contributed by atoms with E-state index in [1.165, 1.54) is 10.5 Å². The molecule has 0 saturated heterocycles. The molecule has 0 radical (unpaired) electrons. The number of hydrogen-bond acceptors (Lipinski definition) is 5. The van der Waals surface area contributed by atoms with E-state index < -0.39 is 0 Å². The third-order valence-corrected chi connectivity index (χ3v) is 6.04. The largest absolute Gasteiger partial charge is 0.346 e. The molecule has 1 aromatic carbocycles. The van der Waals surface area contributed by atoms with Gasteiger partial charge in [-0.1, -0.05) is 32.9 Å². The quantitative estimate of drug-likeness (QED) is 0.722. The van der Waals surface area contributed by atoms with Crippen molar-refractivity contribution in [1.29, 1.82) is 0 Å². The van der Waals surface area contributed by atoms with Crippen molar-refractivity contribution in [2.45, 2.75) is 57.6 Å². The lowest BCUT2D eigenvalue weighted by Crippen LogP contribution is -2.34. The molecule has 7 heteroatoms. The summed E-state index contributed by atoms with van der Waals surface area (Å²) in [7, 11) is 0. The second-order valence-corrected chi connectivity index (χ2v) is 8.52. The standard InChI is InChI=1S/C21H31N5OS/c1-5-19(27)22-20(15(2)3)21-24-23-18-10-11-25(12-13-26(18)21)14-16-6-8-17(28-4)9-7-16/h6-9,15,20H,5,10-14H2,1-4H3,(H,22,27). The Balaban J connectivity index is 1.70. The summed E-state index contributed by atoms with van der Waals surface area (Å²) in [6.45, 7) is 9.83. The SMILES string of the molecule is CCC(=O)NC(c1nnc2n1CCN(Cc1ccc(SC)cc1)CC2)C(C)C. The lowest BCUT2D eigenvalue weighted by Gasteiger charge is -2.23. The first-order valence-corrected chi connectivity index (χ1v) is 11.3. The van der Waals surface area contributed by atoms with E-state index in [4.69, 9.17) is 0 Å². The summed E-state index contributed by atoms with van der Waals surface area (Å²) in [5, 5.41) is 12.0. The Morgan fingerprint density at radius 1 is 1.18 bits per heavy atom. The number of carbonyl (C=O) groups excluding carboxylic acids is 1. The molecule has 1 unspecified atom stereocenters. The Morgan fingerprint density at radius 3 is 2.57 bits per heavy atom. The number of hydrogen-bond donors (Lipinski definition) is 1. The Labute approximate surface area is 172 Å². The molecule has 152 valence electrons. The summed E-state index contributed by atoms with van der Waals surface area (Å²) in [5.74, 6) is 2.22. The van der Waals surface area contributed by atoms with E-state index in [1.807, 2.05) is 6.92 Å². The Bertz CT molecular complexity index is 787. The van der Waals surface area contributed by atoms with Crippen LogP contribution < -0.4 is 5.32 Å². The Morgan fingerprint density at radius 2 is 1.93 bits per heavy atom. The van der Waals surface area contributed by atoms with E-state index in [2.05, 4.69) is 69.3 Å². The van der Waals surface area contributed by atoms with E-state index in [1.54, 1.807) is 11.8 Å². The van der Waals surface area contributed by atoms with Crippen LogP contribution in [0.1, 0.15) is 50.4 Å². The van der Waals surface area contributed by atoms with Crippen LogP contribution in [0, 0.1) is 5.92 Å². The van der Waals surface area contributed by atoms with Crippen LogP contribution in [0.2, 0.25) is 0 Å². The Kier molecular flexibility index (Phi) is 7.13. The zero-order valence-electron chi connectivity index (χ0n) is 17.3. The topological polar surface area (TPSA) is 63.1 Å². The van der Waals surface area contributed by atoms with Crippen molar-refractivity contribution in [3.05, 3.63) is 41.5 Å². The molecule has 1 atom stereocenters. The predicted molar refractivity (Wildman–Crippen MR) is 113 cm³/mol. The molecule has 1 N–H and O–H groups in total. The van der Waals surface area contributed by atoms with Crippen molar-refractivity contribution >= 4 is 17.7 Å². The van der Waals surface area contributed by atoms with E-state index in [0.29, 0.717) is 6.42 Å². The summed E-state index contributed by atoms with van der Waals surface area (Å²) in [4.78, 5) is 15.7. The minimum absolute atomic E-state index is 0.0555. The van der Waals surface area contributed by atoms with Crippen molar-refractivity contribution < 1.29 is 4.79 Å². The second kappa shape index (κ2) is 9.56. The van der Waals surface area contributed by atoms with Crippen molar-refractivity contribution in [3.63, 3.8) is 0 Å². The number of amides is 1. The molecule has 1 amide bonds. The van der Waals surface area contributed by atoms with E-state index >= 15 is 0 Å². The number of fused-ring (bicyclic) bond motifs is 1. The van der Waals surface area contributed by atoms with Crippen LogP contribution in [0.4, 0.5) is 0 Å². The van der Waals surface area contributed by atoms with Crippen molar-refractivity contribution in [1.82, 2.24) is 25.0 Å². The van der Waals surface area contributed by atoms with Crippen molar-refractivity contribution in [2.75, 3.05) is 19.3 Å². The Hall–Kier alpha value is -1.86. The average Bonchev–Trinajstić information content (AvgIpc) is 2.99. The normalized spacial score (nSPS) is 15.9. The van der Waals surface area contributed by atoms with Gasteiger partial charge in [0.15, 0.2) is 5.82 Å². The van der Waals surface area contributed by atoms with Gasteiger partial charge >= 0.3 is 0 Å². The van der Waals surface area contributed by atoms with Crippen LogP contribution >= 0.6 is 11.8 Å². The van der Waals surface area contributed by atoms with Gasteiger partial charge in [0.05, 0.1) is 6.04 Å². The first-order chi connectivity index (χ1) is 13.5. The summed E-state index contributed by atoms with van der Waals surface area (Å²) >= 11 is 1.77. The van der Waals surface area contributed by atoms with Crippen LogP contribution in [0.5, 0.6) is 0 Å². The van der Waals surface area contributed by atoms with Crippen LogP contribution in [-0.4, -0.2) is 44.9 Å². The van der Waals surface area contributed by atoms with Crippen molar-refractivity contribution in [3.8, 4) is 0 Å². The first-order valence-electron chi connectivity index (χ1n) is 10.1. The minimum atomic E-state index is -0.0978. The van der Waals surface area contributed by atoms with Gasteiger partial charge in [0.2, 0.25) is 5.91 Å². The molecule has 0 aliphatic carbocycles. The zero-order valence-corrected chi connectivity index (χ0v) is 18.1. The van der Waals surface area contributed by atoms with Crippen molar-refractivity contribution in [2.24, 2.45) is 5.92 Å². The molecule has 28 heavy (non-hydrogen) atoms. The highest BCUT2D eigenvalue weighted by Gasteiger charge is 2.27. The monoisotopic (exact) mass is 401 g/mol. The molecule has 0 bridgehead atoms. The fourth-order valence-electron chi connectivity index (χ4n) is 3.57. The van der Waals surface area contributed by atoms with Gasteiger partial charge in [0.1, 0.15) is 5.82 Å². The van der Waals surface area contributed by atoms with E-state index in [0.717, 1.165) is 44.2 Å². The van der Waals surface area contributed by atoms with Gasteiger partial charge in [-0.2, -0.15) is 0 Å². The molecule has 1 aliphatic rings. The number of nitrogens with zero attached hydrogens (tertiary/aromatic N) is 4. The van der Waals surface area contributed by atoms with Crippen LogP contribution in [-0.2, 0) is 24.3 Å². The van der Waals surface area contributed by atoms with Crippen LogP contribution in [0.15, 0.2) is 29.2 Å². The summed E-state index contributed by atoms with van der Waals surface area (Å²) in [6.07, 6.45) is 3.46. The second-order valence-electron chi connectivity index (χ2n) is 7.64. The lowest BCUT2D eigenvalue weighted by atomic mass is 10.0. The lowest BCUT2D eigenvalue weighted by molar-refractivity contribution is -0.121. The smallest absolute Gasteiger partial charge is 0.220 e. The average molecular weight is 402 g/mol. The molecule has 0 saturated carbocycles.